The molecule has 33 heavy (non-hydrogen) atoms. The lowest BCUT2D eigenvalue weighted by molar-refractivity contribution is 0.0902. The van der Waals surface area contributed by atoms with Crippen molar-refractivity contribution in [1.29, 1.82) is 0 Å². The van der Waals surface area contributed by atoms with Gasteiger partial charge in [0.25, 0.3) is 5.91 Å². The second-order valence-electron chi connectivity index (χ2n) is 9.01. The van der Waals surface area contributed by atoms with Crippen LogP contribution in [0.3, 0.4) is 0 Å². The molecule has 8 heteroatoms. The lowest BCUT2D eigenvalue weighted by Crippen LogP contribution is -2.41. The van der Waals surface area contributed by atoms with Crippen molar-refractivity contribution in [2.75, 3.05) is 24.6 Å². The van der Waals surface area contributed by atoms with Crippen molar-refractivity contribution in [3.8, 4) is 0 Å². The molecule has 1 fully saturated rings. The smallest absolute Gasteiger partial charge is 0.251 e. The number of Topliss-reactive ketones (excluding diaryl/α,β-unsaturated/α-hetero) is 1. The zero-order valence-corrected chi connectivity index (χ0v) is 19.3. The minimum absolute atomic E-state index is 0.0504. The first-order valence-electron chi connectivity index (χ1n) is 11.4. The number of aliphatic hydroxyl groups excluding tert-OH is 1. The molecule has 0 saturated carbocycles. The van der Waals surface area contributed by atoms with E-state index >= 15 is 0 Å². The number of nitrogens with one attached hydrogen (secondary N) is 2. The summed E-state index contributed by atoms with van der Waals surface area (Å²) in [6.45, 7) is 0.520. The van der Waals surface area contributed by atoms with E-state index in [1.54, 1.807) is 24.3 Å². The highest BCUT2D eigenvalue weighted by atomic mass is 32.2. The Bertz CT molecular complexity index is 1070. The van der Waals surface area contributed by atoms with E-state index in [1.165, 1.54) is 11.1 Å². The summed E-state index contributed by atoms with van der Waals surface area (Å²) in [7, 11) is -3.01. The first-order chi connectivity index (χ1) is 15.8. The maximum Gasteiger partial charge on any atom is 0.251 e. The van der Waals surface area contributed by atoms with Gasteiger partial charge >= 0.3 is 0 Å². The third-order valence-corrected chi connectivity index (χ3v) is 8.26. The Morgan fingerprint density at radius 1 is 0.909 bits per heavy atom. The molecule has 1 saturated heterocycles. The van der Waals surface area contributed by atoms with Crippen LogP contribution in [-0.4, -0.2) is 62.0 Å². The van der Waals surface area contributed by atoms with E-state index in [4.69, 9.17) is 0 Å². The number of amides is 1. The molecular formula is C25H30N2O5S. The van der Waals surface area contributed by atoms with Gasteiger partial charge in [-0.1, -0.05) is 36.4 Å². The fourth-order valence-electron chi connectivity index (χ4n) is 4.56. The number of benzene rings is 2. The topological polar surface area (TPSA) is 113 Å². The Hall–Kier alpha value is -2.55. The van der Waals surface area contributed by atoms with E-state index in [1.807, 2.05) is 12.1 Å². The highest BCUT2D eigenvalue weighted by Gasteiger charge is 2.29. The molecule has 2 aromatic carbocycles. The van der Waals surface area contributed by atoms with Gasteiger partial charge in [-0.25, -0.2) is 8.42 Å². The van der Waals surface area contributed by atoms with Gasteiger partial charge in [0.1, 0.15) is 9.84 Å². The Morgan fingerprint density at radius 3 is 2.09 bits per heavy atom. The largest absolute Gasteiger partial charge is 0.390 e. The van der Waals surface area contributed by atoms with E-state index in [2.05, 4.69) is 22.8 Å². The minimum Gasteiger partial charge on any atom is -0.390 e. The first-order valence-corrected chi connectivity index (χ1v) is 13.2. The van der Waals surface area contributed by atoms with Crippen LogP contribution in [0.5, 0.6) is 0 Å². The maximum atomic E-state index is 12.6. The van der Waals surface area contributed by atoms with Crippen molar-refractivity contribution < 1.29 is 23.1 Å². The SMILES string of the molecule is O=C(NC[C@@H](O)CNC1Cc2ccccc2C1)c1ccc(C(=O)C2CCS(=O)(=O)CC2)cc1. The van der Waals surface area contributed by atoms with E-state index in [9.17, 15) is 23.1 Å². The summed E-state index contributed by atoms with van der Waals surface area (Å²) < 4.78 is 23.1. The number of hydrogen-bond acceptors (Lipinski definition) is 6. The van der Waals surface area contributed by atoms with Crippen molar-refractivity contribution in [2.45, 2.75) is 37.8 Å². The molecule has 1 heterocycles. The lowest BCUT2D eigenvalue weighted by atomic mass is 9.92. The molecule has 2 aromatic rings. The molecule has 0 unspecified atom stereocenters. The third-order valence-electron chi connectivity index (χ3n) is 6.55. The van der Waals surface area contributed by atoms with E-state index in [0.29, 0.717) is 36.6 Å². The van der Waals surface area contributed by atoms with Crippen LogP contribution in [-0.2, 0) is 22.7 Å². The van der Waals surface area contributed by atoms with Crippen LogP contribution in [0.25, 0.3) is 0 Å². The summed E-state index contributed by atoms with van der Waals surface area (Å²) in [6, 6.07) is 15.0. The molecule has 1 aliphatic carbocycles. The van der Waals surface area contributed by atoms with Crippen LogP contribution in [0.15, 0.2) is 48.5 Å². The Kier molecular flexibility index (Phi) is 7.26. The number of rotatable bonds is 8. The number of hydrogen-bond donors (Lipinski definition) is 3. The predicted octanol–water partition coefficient (Wildman–Crippen LogP) is 1.54. The summed E-state index contributed by atoms with van der Waals surface area (Å²) in [5, 5.41) is 16.4. The Balaban J connectivity index is 1.20. The quantitative estimate of drug-likeness (QED) is 0.505. The third kappa shape index (κ3) is 6.07. The van der Waals surface area contributed by atoms with Gasteiger partial charge in [0.15, 0.2) is 5.78 Å². The van der Waals surface area contributed by atoms with E-state index in [-0.39, 0.29) is 35.7 Å². The maximum absolute atomic E-state index is 12.6. The number of aliphatic hydroxyl groups is 1. The average Bonchev–Trinajstić information content (AvgIpc) is 3.24. The van der Waals surface area contributed by atoms with Crippen molar-refractivity contribution in [1.82, 2.24) is 10.6 Å². The second-order valence-corrected chi connectivity index (χ2v) is 11.3. The number of carbonyl (C=O) groups is 2. The molecule has 0 aromatic heterocycles. The molecular weight excluding hydrogens is 440 g/mol. The van der Waals surface area contributed by atoms with Crippen LogP contribution < -0.4 is 10.6 Å². The summed E-state index contributed by atoms with van der Waals surface area (Å²) >= 11 is 0. The predicted molar refractivity (Wildman–Crippen MR) is 126 cm³/mol. The first kappa shape index (κ1) is 23.6. The van der Waals surface area contributed by atoms with E-state index < -0.39 is 15.9 Å². The van der Waals surface area contributed by atoms with Gasteiger partial charge in [-0.05, 0) is 48.9 Å². The average molecular weight is 471 g/mol. The molecule has 7 nitrogen and oxygen atoms in total. The Labute approximate surface area is 194 Å². The number of sulfone groups is 1. The highest BCUT2D eigenvalue weighted by molar-refractivity contribution is 7.91. The van der Waals surface area contributed by atoms with Crippen molar-refractivity contribution in [3.05, 3.63) is 70.8 Å². The van der Waals surface area contributed by atoms with Crippen LogP contribution in [0.4, 0.5) is 0 Å². The molecule has 1 aliphatic heterocycles. The van der Waals surface area contributed by atoms with Gasteiger partial charge < -0.3 is 15.7 Å². The summed E-state index contributed by atoms with van der Waals surface area (Å²) in [5.74, 6) is -0.579. The molecule has 176 valence electrons. The van der Waals surface area contributed by atoms with Gasteiger partial charge in [0.05, 0.1) is 17.6 Å². The Morgan fingerprint density at radius 2 is 1.48 bits per heavy atom. The molecule has 0 bridgehead atoms. The summed E-state index contributed by atoms with van der Waals surface area (Å²) in [5.41, 5.74) is 3.57. The summed E-state index contributed by atoms with van der Waals surface area (Å²) in [6.07, 6.45) is 1.87. The normalized spacial score (nSPS) is 19.1. The molecule has 2 aliphatic rings. The number of ketones is 1. The van der Waals surface area contributed by atoms with Gasteiger partial charge in [-0.15, -0.1) is 0 Å². The monoisotopic (exact) mass is 470 g/mol. The molecule has 3 N–H and O–H groups in total. The van der Waals surface area contributed by atoms with Crippen LogP contribution in [0.2, 0.25) is 0 Å². The van der Waals surface area contributed by atoms with Gasteiger partial charge in [-0.2, -0.15) is 0 Å². The lowest BCUT2D eigenvalue weighted by Gasteiger charge is -2.20. The molecule has 1 amide bonds. The van der Waals surface area contributed by atoms with Gasteiger partial charge in [0.2, 0.25) is 0 Å². The van der Waals surface area contributed by atoms with Crippen molar-refractivity contribution >= 4 is 21.5 Å². The molecule has 0 radical (unpaired) electrons. The zero-order valence-electron chi connectivity index (χ0n) is 18.5. The number of fused-ring (bicyclic) bond motifs is 1. The minimum atomic E-state index is -3.01. The molecule has 0 spiro atoms. The van der Waals surface area contributed by atoms with Gasteiger partial charge in [-0.3, -0.25) is 9.59 Å². The second kappa shape index (κ2) is 10.2. The highest BCUT2D eigenvalue weighted by Crippen LogP contribution is 2.23. The molecule has 1 atom stereocenters. The standard InChI is InChI=1S/C25H30N2O5S/c28-23(15-26-22-13-20-3-1-2-4-21(20)14-22)16-27-25(30)19-7-5-17(6-8-19)24(29)18-9-11-33(31,32)12-10-18/h1-8,18,22-23,26,28H,9-16H2,(H,27,30)/t23-/m0/s1. The van der Waals surface area contributed by atoms with Crippen molar-refractivity contribution in [2.24, 2.45) is 5.92 Å². The van der Waals surface area contributed by atoms with Crippen molar-refractivity contribution in [3.63, 3.8) is 0 Å². The summed E-state index contributed by atoms with van der Waals surface area (Å²) in [4.78, 5) is 25.0. The van der Waals surface area contributed by atoms with Crippen LogP contribution in [0.1, 0.15) is 44.7 Å². The fourth-order valence-corrected chi connectivity index (χ4v) is 6.06. The fraction of sp³-hybridized carbons (Fsp3) is 0.440. The van der Waals surface area contributed by atoms with E-state index in [0.717, 1.165) is 12.8 Å². The van der Waals surface area contributed by atoms with Gasteiger partial charge in [0, 0.05) is 36.2 Å². The zero-order chi connectivity index (χ0) is 23.4. The number of carbonyl (C=O) groups excluding carboxylic acids is 2. The van der Waals surface area contributed by atoms with Crippen LogP contribution in [0, 0.1) is 5.92 Å². The molecule has 4 rings (SSSR count). The van der Waals surface area contributed by atoms with Crippen LogP contribution >= 0.6 is 0 Å².